The summed E-state index contributed by atoms with van der Waals surface area (Å²) in [6.07, 6.45) is 0. The maximum absolute atomic E-state index is 13.1. The zero-order valence-corrected chi connectivity index (χ0v) is 13.6. The zero-order chi connectivity index (χ0) is 16.8. The highest BCUT2D eigenvalue weighted by Gasteiger charge is 2.00. The molecule has 0 bridgehead atoms. The van der Waals surface area contributed by atoms with Gasteiger partial charge in [0.25, 0.3) is 0 Å². The van der Waals surface area contributed by atoms with Crippen LogP contribution >= 0.6 is 0 Å². The van der Waals surface area contributed by atoms with Crippen molar-refractivity contribution in [2.75, 3.05) is 5.32 Å². The van der Waals surface area contributed by atoms with Gasteiger partial charge in [-0.15, -0.1) is 0 Å². The first-order valence-corrected chi connectivity index (χ1v) is 7.96. The number of hydrogen-bond donors (Lipinski definition) is 1. The molecule has 0 unspecified atom stereocenters. The number of hydrogen-bond acceptors (Lipinski definition) is 2. The van der Waals surface area contributed by atoms with Crippen molar-refractivity contribution < 1.29 is 9.13 Å². The Labute approximate surface area is 141 Å². The van der Waals surface area contributed by atoms with E-state index in [-0.39, 0.29) is 5.82 Å². The lowest BCUT2D eigenvalue weighted by Gasteiger charge is -2.10. The van der Waals surface area contributed by atoms with Crippen LogP contribution in [0.25, 0.3) is 0 Å². The van der Waals surface area contributed by atoms with Gasteiger partial charge in [-0.1, -0.05) is 42.5 Å². The number of rotatable bonds is 6. The van der Waals surface area contributed by atoms with Crippen LogP contribution in [0.4, 0.5) is 10.1 Å². The number of para-hydroxylation sites is 1. The van der Waals surface area contributed by atoms with Gasteiger partial charge in [0.2, 0.25) is 0 Å². The summed E-state index contributed by atoms with van der Waals surface area (Å²) in [5.74, 6) is 0.535. The minimum absolute atomic E-state index is 0.242. The monoisotopic (exact) mass is 321 g/mol. The minimum atomic E-state index is -0.242. The molecule has 3 heteroatoms. The summed E-state index contributed by atoms with van der Waals surface area (Å²) in [6, 6.07) is 22.6. The van der Waals surface area contributed by atoms with Gasteiger partial charge in [0, 0.05) is 12.2 Å². The third kappa shape index (κ3) is 4.35. The Kier molecular flexibility index (Phi) is 5.12. The molecule has 24 heavy (non-hydrogen) atoms. The van der Waals surface area contributed by atoms with Crippen molar-refractivity contribution in [2.24, 2.45) is 0 Å². The highest BCUT2D eigenvalue weighted by Crippen LogP contribution is 2.17. The molecule has 0 amide bonds. The Hall–Kier alpha value is -2.81. The molecular formula is C21H20FNO. The van der Waals surface area contributed by atoms with Gasteiger partial charge in [0.15, 0.2) is 0 Å². The standard InChI is InChI=1S/C21H20FNO/c1-16-5-2-3-8-21(16)23-14-17-9-11-20(12-10-17)24-15-18-6-4-7-19(22)13-18/h2-13,23H,14-15H2,1H3. The lowest BCUT2D eigenvalue weighted by atomic mass is 10.1. The van der Waals surface area contributed by atoms with E-state index in [1.807, 2.05) is 42.5 Å². The molecule has 0 saturated heterocycles. The van der Waals surface area contributed by atoms with Crippen LogP contribution in [0.1, 0.15) is 16.7 Å². The number of aryl methyl sites for hydroxylation is 1. The fourth-order valence-electron chi connectivity index (χ4n) is 2.47. The Morgan fingerprint density at radius 3 is 2.42 bits per heavy atom. The summed E-state index contributed by atoms with van der Waals surface area (Å²) in [6.45, 7) is 3.21. The molecule has 0 fully saturated rings. The van der Waals surface area contributed by atoms with Crippen LogP contribution in [0.3, 0.4) is 0 Å². The molecule has 3 aromatic rings. The lowest BCUT2D eigenvalue weighted by Crippen LogP contribution is -2.01. The third-order valence-corrected chi connectivity index (χ3v) is 3.85. The molecule has 0 aliphatic carbocycles. The largest absolute Gasteiger partial charge is 0.489 e. The molecule has 0 atom stereocenters. The first-order valence-electron chi connectivity index (χ1n) is 7.96. The van der Waals surface area contributed by atoms with Gasteiger partial charge < -0.3 is 10.1 Å². The third-order valence-electron chi connectivity index (χ3n) is 3.85. The van der Waals surface area contributed by atoms with Crippen LogP contribution in [-0.2, 0) is 13.2 Å². The maximum atomic E-state index is 13.1. The van der Waals surface area contributed by atoms with E-state index in [0.29, 0.717) is 6.61 Å². The predicted octanol–water partition coefficient (Wildman–Crippen LogP) is 5.33. The second kappa shape index (κ2) is 7.64. The number of anilines is 1. The predicted molar refractivity (Wildman–Crippen MR) is 95.7 cm³/mol. The molecular weight excluding hydrogens is 301 g/mol. The van der Waals surface area contributed by atoms with Crippen LogP contribution < -0.4 is 10.1 Å². The van der Waals surface area contributed by atoms with E-state index in [1.165, 1.54) is 23.3 Å². The Bertz CT molecular complexity index is 799. The molecule has 0 aliphatic heterocycles. The summed E-state index contributed by atoms with van der Waals surface area (Å²) >= 11 is 0. The SMILES string of the molecule is Cc1ccccc1NCc1ccc(OCc2cccc(F)c2)cc1. The Balaban J connectivity index is 1.54. The quantitative estimate of drug-likeness (QED) is 0.663. The van der Waals surface area contributed by atoms with Crippen LogP contribution in [0, 0.1) is 12.7 Å². The van der Waals surface area contributed by atoms with Crippen molar-refractivity contribution in [1.82, 2.24) is 0 Å². The van der Waals surface area contributed by atoms with Crippen LogP contribution in [0.2, 0.25) is 0 Å². The summed E-state index contributed by atoms with van der Waals surface area (Å²) < 4.78 is 18.8. The fraction of sp³-hybridized carbons (Fsp3) is 0.143. The lowest BCUT2D eigenvalue weighted by molar-refractivity contribution is 0.305. The summed E-state index contributed by atoms with van der Waals surface area (Å²) in [5.41, 5.74) is 4.37. The van der Waals surface area contributed by atoms with Crippen LogP contribution in [0.5, 0.6) is 5.75 Å². The Morgan fingerprint density at radius 1 is 0.875 bits per heavy atom. The minimum Gasteiger partial charge on any atom is -0.489 e. The zero-order valence-electron chi connectivity index (χ0n) is 13.6. The Morgan fingerprint density at radius 2 is 1.67 bits per heavy atom. The van der Waals surface area contributed by atoms with Crippen molar-refractivity contribution in [3.63, 3.8) is 0 Å². The molecule has 3 aromatic carbocycles. The number of nitrogens with one attached hydrogen (secondary N) is 1. The summed E-state index contributed by atoms with van der Waals surface area (Å²) in [5, 5.41) is 3.43. The van der Waals surface area contributed by atoms with E-state index in [2.05, 4.69) is 24.4 Å². The molecule has 3 rings (SSSR count). The van der Waals surface area contributed by atoms with Crippen LogP contribution in [-0.4, -0.2) is 0 Å². The van der Waals surface area contributed by atoms with E-state index >= 15 is 0 Å². The van der Waals surface area contributed by atoms with Crippen molar-refractivity contribution in [2.45, 2.75) is 20.1 Å². The van der Waals surface area contributed by atoms with Crippen molar-refractivity contribution in [1.29, 1.82) is 0 Å². The average Bonchev–Trinajstić information content (AvgIpc) is 2.60. The molecule has 0 radical (unpaired) electrons. The normalized spacial score (nSPS) is 10.4. The van der Waals surface area contributed by atoms with Gasteiger partial charge in [-0.2, -0.15) is 0 Å². The van der Waals surface area contributed by atoms with Gasteiger partial charge in [-0.05, 0) is 53.9 Å². The molecule has 0 aliphatic rings. The molecule has 0 aromatic heterocycles. The van der Waals surface area contributed by atoms with E-state index in [0.717, 1.165) is 23.5 Å². The topological polar surface area (TPSA) is 21.3 Å². The number of halogens is 1. The van der Waals surface area contributed by atoms with Gasteiger partial charge in [-0.3, -0.25) is 0 Å². The highest BCUT2D eigenvalue weighted by atomic mass is 19.1. The van der Waals surface area contributed by atoms with E-state index in [1.54, 1.807) is 6.07 Å². The van der Waals surface area contributed by atoms with Gasteiger partial charge in [0.1, 0.15) is 18.2 Å². The van der Waals surface area contributed by atoms with E-state index < -0.39 is 0 Å². The van der Waals surface area contributed by atoms with E-state index in [9.17, 15) is 4.39 Å². The molecule has 0 heterocycles. The van der Waals surface area contributed by atoms with E-state index in [4.69, 9.17) is 4.74 Å². The molecule has 0 saturated carbocycles. The van der Waals surface area contributed by atoms with Gasteiger partial charge >= 0.3 is 0 Å². The summed E-state index contributed by atoms with van der Waals surface area (Å²) in [4.78, 5) is 0. The van der Waals surface area contributed by atoms with Crippen LogP contribution in [0.15, 0.2) is 72.8 Å². The second-order valence-electron chi connectivity index (χ2n) is 5.73. The fourth-order valence-corrected chi connectivity index (χ4v) is 2.47. The number of benzene rings is 3. The molecule has 122 valence electrons. The smallest absolute Gasteiger partial charge is 0.123 e. The molecule has 2 nitrogen and oxygen atoms in total. The average molecular weight is 321 g/mol. The first-order chi connectivity index (χ1) is 11.7. The van der Waals surface area contributed by atoms with Gasteiger partial charge in [-0.25, -0.2) is 4.39 Å². The maximum Gasteiger partial charge on any atom is 0.123 e. The first kappa shape index (κ1) is 16.1. The molecule has 1 N–H and O–H groups in total. The van der Waals surface area contributed by atoms with Crippen molar-refractivity contribution >= 4 is 5.69 Å². The summed E-state index contributed by atoms with van der Waals surface area (Å²) in [7, 11) is 0. The molecule has 0 spiro atoms. The number of ether oxygens (including phenoxy) is 1. The highest BCUT2D eigenvalue weighted by molar-refractivity contribution is 5.50. The van der Waals surface area contributed by atoms with Gasteiger partial charge in [0.05, 0.1) is 0 Å². The second-order valence-corrected chi connectivity index (χ2v) is 5.73. The van der Waals surface area contributed by atoms with Crippen molar-refractivity contribution in [3.8, 4) is 5.75 Å². The van der Waals surface area contributed by atoms with Crippen molar-refractivity contribution in [3.05, 3.63) is 95.3 Å².